The van der Waals surface area contributed by atoms with Crippen molar-refractivity contribution in [1.29, 1.82) is 0 Å². The monoisotopic (exact) mass is 428 g/mol. The Morgan fingerprint density at radius 2 is 1.97 bits per heavy atom. The molecule has 3 rings (SSSR count). The van der Waals surface area contributed by atoms with Gasteiger partial charge in [-0.15, -0.1) is 0 Å². The quantitative estimate of drug-likeness (QED) is 0.675. The first kappa shape index (κ1) is 21.3. The molecule has 1 fully saturated rings. The van der Waals surface area contributed by atoms with Crippen molar-refractivity contribution in [2.75, 3.05) is 20.8 Å². The van der Waals surface area contributed by atoms with Crippen molar-refractivity contribution < 1.29 is 29.3 Å². The number of methoxy groups -OCH3 is 2. The molecule has 1 saturated heterocycles. The minimum Gasteiger partial charge on any atom is -0.508 e. The van der Waals surface area contributed by atoms with Crippen molar-refractivity contribution in [2.45, 2.75) is 6.92 Å². The Labute approximate surface area is 177 Å². The number of hydrogen-bond donors (Lipinski definition) is 2. The van der Waals surface area contributed by atoms with Gasteiger partial charge in [0.2, 0.25) is 0 Å². The number of thioether (sulfide) groups is 1. The molecule has 0 unspecified atom stereocenters. The molecule has 2 aromatic carbocycles. The number of aromatic carboxylic acids is 1. The number of nitrogens with zero attached hydrogens (tertiary/aromatic N) is 2. The summed E-state index contributed by atoms with van der Waals surface area (Å²) in [6, 6.07) is 9.14. The summed E-state index contributed by atoms with van der Waals surface area (Å²) >= 11 is 1.14. The van der Waals surface area contributed by atoms with Crippen LogP contribution in [0.1, 0.15) is 22.8 Å². The number of likely N-dealkylation sites (N-methyl/N-ethyl adjacent to an activating group) is 1. The van der Waals surface area contributed by atoms with Gasteiger partial charge in [0.25, 0.3) is 5.91 Å². The second kappa shape index (κ2) is 8.91. The second-order valence-corrected chi connectivity index (χ2v) is 7.18. The van der Waals surface area contributed by atoms with Gasteiger partial charge in [-0.3, -0.25) is 9.69 Å². The van der Waals surface area contributed by atoms with Crippen LogP contribution in [0.4, 0.5) is 5.69 Å². The lowest BCUT2D eigenvalue weighted by atomic mass is 10.1. The highest BCUT2D eigenvalue weighted by Crippen LogP contribution is 2.37. The van der Waals surface area contributed by atoms with Gasteiger partial charge in [-0.2, -0.15) is 0 Å². The fourth-order valence-corrected chi connectivity index (χ4v) is 3.89. The minimum absolute atomic E-state index is 0.150. The summed E-state index contributed by atoms with van der Waals surface area (Å²) in [5.74, 6) is -0.456. The van der Waals surface area contributed by atoms with Crippen LogP contribution in [0.5, 0.6) is 17.2 Å². The largest absolute Gasteiger partial charge is 0.508 e. The van der Waals surface area contributed by atoms with Crippen LogP contribution in [-0.4, -0.2) is 52.9 Å². The molecular weight excluding hydrogens is 408 g/mol. The Morgan fingerprint density at radius 1 is 1.20 bits per heavy atom. The zero-order chi connectivity index (χ0) is 21.8. The van der Waals surface area contributed by atoms with Crippen molar-refractivity contribution in [1.82, 2.24) is 4.90 Å². The lowest BCUT2D eigenvalue weighted by molar-refractivity contribution is -0.122. The van der Waals surface area contributed by atoms with Gasteiger partial charge in [-0.05, 0) is 55.1 Å². The number of aromatic hydroxyl groups is 1. The van der Waals surface area contributed by atoms with Crippen LogP contribution >= 0.6 is 11.8 Å². The molecular formula is C21H20N2O6S. The smallest absolute Gasteiger partial charge is 0.338 e. The molecule has 156 valence electrons. The van der Waals surface area contributed by atoms with Gasteiger partial charge < -0.3 is 19.7 Å². The number of carbonyl (C=O) groups is 2. The number of carboxylic acid groups (broad SMARTS) is 1. The first-order valence-corrected chi connectivity index (χ1v) is 9.78. The molecule has 0 aliphatic carbocycles. The van der Waals surface area contributed by atoms with Gasteiger partial charge in [-0.25, -0.2) is 9.79 Å². The average Bonchev–Trinajstić information content (AvgIpc) is 3.03. The molecule has 0 spiro atoms. The predicted octanol–water partition coefficient (Wildman–Crippen LogP) is 3.73. The third-order valence-corrected chi connectivity index (χ3v) is 5.36. The van der Waals surface area contributed by atoms with E-state index < -0.39 is 5.97 Å². The van der Waals surface area contributed by atoms with Crippen LogP contribution in [-0.2, 0) is 4.79 Å². The third-order valence-electron chi connectivity index (χ3n) is 4.36. The van der Waals surface area contributed by atoms with Crippen LogP contribution in [0.25, 0.3) is 6.08 Å². The lowest BCUT2D eigenvalue weighted by Gasteiger charge is -2.12. The fraction of sp³-hybridized carbons (Fsp3) is 0.190. The highest BCUT2D eigenvalue weighted by atomic mass is 32.2. The summed E-state index contributed by atoms with van der Waals surface area (Å²) in [5.41, 5.74) is 0.695. The zero-order valence-electron chi connectivity index (χ0n) is 16.6. The van der Waals surface area contributed by atoms with Gasteiger partial charge in [-0.1, -0.05) is 0 Å². The van der Waals surface area contributed by atoms with E-state index in [1.54, 1.807) is 38.3 Å². The predicted molar refractivity (Wildman–Crippen MR) is 115 cm³/mol. The Hall–Kier alpha value is -3.46. The van der Waals surface area contributed by atoms with E-state index in [1.165, 1.54) is 24.1 Å². The minimum atomic E-state index is -1.22. The number of phenolic OH excluding ortho intramolecular Hbond substituents is 1. The summed E-state index contributed by atoms with van der Waals surface area (Å²) in [6.45, 7) is 2.17. The normalized spacial score (nSPS) is 16.4. The number of amides is 1. The molecule has 0 bridgehead atoms. The van der Waals surface area contributed by atoms with Gasteiger partial charge in [0, 0.05) is 18.2 Å². The van der Waals surface area contributed by atoms with Crippen LogP contribution < -0.4 is 9.47 Å². The maximum absolute atomic E-state index is 12.9. The van der Waals surface area contributed by atoms with Crippen molar-refractivity contribution in [3.05, 3.63) is 52.4 Å². The van der Waals surface area contributed by atoms with Gasteiger partial charge in [0.15, 0.2) is 5.17 Å². The molecule has 2 aromatic rings. The topological polar surface area (TPSA) is 109 Å². The van der Waals surface area contributed by atoms with Gasteiger partial charge >= 0.3 is 5.97 Å². The number of benzene rings is 2. The highest BCUT2D eigenvalue weighted by Gasteiger charge is 2.33. The van der Waals surface area contributed by atoms with Crippen molar-refractivity contribution in [3.8, 4) is 17.2 Å². The molecule has 1 heterocycles. The molecule has 0 atom stereocenters. The number of aliphatic imine (C=N–C) groups is 1. The van der Waals surface area contributed by atoms with Crippen molar-refractivity contribution in [2.24, 2.45) is 4.99 Å². The standard InChI is InChI=1S/C21H20N2O6S/c1-4-23-19(25)18(9-12-5-7-14(28-2)11-17(12)29-3)30-21(23)22-16-8-6-13(24)10-15(16)20(26)27/h5-11,24H,4H2,1-3H3,(H,26,27)/b18-9-,22-21?. The highest BCUT2D eigenvalue weighted by molar-refractivity contribution is 8.18. The number of amidine groups is 1. The Bertz CT molecular complexity index is 1060. The van der Waals surface area contributed by atoms with E-state index in [0.717, 1.165) is 17.8 Å². The summed E-state index contributed by atoms with van der Waals surface area (Å²) in [4.78, 5) is 30.6. The van der Waals surface area contributed by atoms with E-state index in [-0.39, 0.29) is 22.9 Å². The average molecular weight is 428 g/mol. The molecule has 30 heavy (non-hydrogen) atoms. The third kappa shape index (κ3) is 4.25. The van der Waals surface area contributed by atoms with Crippen LogP contribution in [0.3, 0.4) is 0 Å². The first-order valence-electron chi connectivity index (χ1n) is 8.96. The van der Waals surface area contributed by atoms with Crippen molar-refractivity contribution in [3.63, 3.8) is 0 Å². The van der Waals surface area contributed by atoms with E-state index in [2.05, 4.69) is 4.99 Å². The van der Waals surface area contributed by atoms with Crippen LogP contribution in [0.2, 0.25) is 0 Å². The number of hydrogen-bond acceptors (Lipinski definition) is 7. The van der Waals surface area contributed by atoms with Gasteiger partial charge in [0.05, 0.1) is 30.4 Å². The Kier molecular flexibility index (Phi) is 6.31. The number of rotatable bonds is 6. The Morgan fingerprint density at radius 3 is 2.60 bits per heavy atom. The van der Waals surface area contributed by atoms with E-state index in [9.17, 15) is 19.8 Å². The molecule has 9 heteroatoms. The molecule has 1 aliphatic heterocycles. The van der Waals surface area contributed by atoms with E-state index in [1.807, 2.05) is 0 Å². The maximum Gasteiger partial charge on any atom is 0.338 e. The molecule has 1 amide bonds. The Balaban J connectivity index is 2.02. The number of phenols is 1. The van der Waals surface area contributed by atoms with E-state index in [0.29, 0.717) is 33.7 Å². The number of carbonyl (C=O) groups excluding carboxylic acids is 1. The fourth-order valence-electron chi connectivity index (χ4n) is 2.85. The van der Waals surface area contributed by atoms with Crippen molar-refractivity contribution >= 4 is 40.6 Å². The van der Waals surface area contributed by atoms with Gasteiger partial charge in [0.1, 0.15) is 17.2 Å². The summed E-state index contributed by atoms with van der Waals surface area (Å²) in [6.07, 6.45) is 1.70. The molecule has 0 saturated carbocycles. The van der Waals surface area contributed by atoms with E-state index in [4.69, 9.17) is 9.47 Å². The molecule has 2 N–H and O–H groups in total. The first-order chi connectivity index (χ1) is 14.4. The summed E-state index contributed by atoms with van der Waals surface area (Å²) in [5, 5.41) is 19.3. The molecule has 1 aliphatic rings. The molecule has 0 aromatic heterocycles. The lowest BCUT2D eigenvalue weighted by Crippen LogP contribution is -2.28. The maximum atomic E-state index is 12.9. The summed E-state index contributed by atoms with van der Waals surface area (Å²) in [7, 11) is 3.09. The number of carboxylic acids is 1. The SMILES string of the molecule is CCN1C(=O)/C(=C/c2ccc(OC)cc2OC)SC1=Nc1ccc(O)cc1C(=O)O. The van der Waals surface area contributed by atoms with E-state index >= 15 is 0 Å². The van der Waals surface area contributed by atoms with Crippen LogP contribution in [0, 0.1) is 0 Å². The summed E-state index contributed by atoms with van der Waals surface area (Å²) < 4.78 is 10.6. The second-order valence-electron chi connectivity index (χ2n) is 6.17. The van der Waals surface area contributed by atoms with Crippen LogP contribution in [0.15, 0.2) is 46.3 Å². The molecule has 8 nitrogen and oxygen atoms in total. The zero-order valence-corrected chi connectivity index (χ0v) is 17.4. The molecule has 0 radical (unpaired) electrons. The number of ether oxygens (including phenoxy) is 2.